The van der Waals surface area contributed by atoms with Crippen molar-refractivity contribution in [2.75, 3.05) is 0 Å². The lowest BCUT2D eigenvalue weighted by Gasteiger charge is -2.36. The van der Waals surface area contributed by atoms with Crippen LogP contribution in [0.3, 0.4) is 0 Å². The number of ketones is 1. The van der Waals surface area contributed by atoms with Crippen LogP contribution in [0.4, 0.5) is 13.2 Å². The third-order valence-electron chi connectivity index (χ3n) is 5.01. The van der Waals surface area contributed by atoms with Crippen LogP contribution in [-0.2, 0) is 15.0 Å². The van der Waals surface area contributed by atoms with Crippen molar-refractivity contribution in [3.05, 3.63) is 35.4 Å². The molecule has 0 bridgehead atoms. The number of carbonyl (C=O) groups is 2. The third-order valence-corrected chi connectivity index (χ3v) is 5.01. The molecule has 0 amide bonds. The van der Waals surface area contributed by atoms with Crippen LogP contribution in [0.25, 0.3) is 0 Å². The molecule has 0 spiro atoms. The Labute approximate surface area is 132 Å². The number of alkyl halides is 3. The van der Waals surface area contributed by atoms with E-state index >= 15 is 0 Å². The van der Waals surface area contributed by atoms with E-state index in [0.717, 1.165) is 12.5 Å². The van der Waals surface area contributed by atoms with Crippen LogP contribution < -0.4 is 0 Å². The quantitative estimate of drug-likeness (QED) is 0.886. The van der Waals surface area contributed by atoms with Crippen molar-refractivity contribution in [3.8, 4) is 0 Å². The molecule has 1 aliphatic carbocycles. The molecule has 1 fully saturated rings. The number of carboxylic acid groups (broad SMARTS) is 1. The second-order valence-corrected chi connectivity index (χ2v) is 6.16. The molecule has 3 nitrogen and oxygen atoms in total. The molecule has 2 atom stereocenters. The number of benzene rings is 1. The number of halogens is 3. The van der Waals surface area contributed by atoms with Crippen molar-refractivity contribution in [1.82, 2.24) is 0 Å². The van der Waals surface area contributed by atoms with E-state index in [-0.39, 0.29) is 23.7 Å². The molecule has 6 heteroatoms. The highest BCUT2D eigenvalue weighted by molar-refractivity contribution is 5.86. The maximum Gasteiger partial charge on any atom is 0.392 e. The summed E-state index contributed by atoms with van der Waals surface area (Å²) in [6, 6.07) is 6.20. The standard InChI is InChI=1S/C17H19F3O3/c1-3-16(15(22)23,10(2)17(18,19)20)13-6-4-11(5-7-13)12-8-14(21)9-12/h4-7,10,12H,3,8-9H2,1-2H3,(H,22,23)/t10-,16?/m1/s1. The van der Waals surface area contributed by atoms with Crippen molar-refractivity contribution in [3.63, 3.8) is 0 Å². The number of rotatable bonds is 5. The highest BCUT2D eigenvalue weighted by atomic mass is 19.4. The summed E-state index contributed by atoms with van der Waals surface area (Å²) >= 11 is 0. The van der Waals surface area contributed by atoms with Crippen LogP contribution in [0.2, 0.25) is 0 Å². The lowest BCUT2D eigenvalue weighted by atomic mass is 9.68. The fourth-order valence-corrected chi connectivity index (χ4v) is 3.28. The Bertz CT molecular complexity index is 599. The number of carboxylic acids is 1. The van der Waals surface area contributed by atoms with Gasteiger partial charge in [0.05, 0.1) is 5.92 Å². The molecule has 0 aromatic heterocycles. The van der Waals surface area contributed by atoms with Crippen molar-refractivity contribution in [2.24, 2.45) is 5.92 Å². The van der Waals surface area contributed by atoms with Gasteiger partial charge in [0.2, 0.25) is 0 Å². The van der Waals surface area contributed by atoms with Crippen LogP contribution in [-0.4, -0.2) is 23.0 Å². The van der Waals surface area contributed by atoms with E-state index in [9.17, 15) is 27.9 Å². The van der Waals surface area contributed by atoms with Crippen molar-refractivity contribution < 1.29 is 27.9 Å². The summed E-state index contributed by atoms with van der Waals surface area (Å²) in [5, 5.41) is 9.54. The molecule has 2 rings (SSSR count). The Morgan fingerprint density at radius 3 is 2.13 bits per heavy atom. The molecule has 0 saturated heterocycles. The van der Waals surface area contributed by atoms with E-state index in [1.165, 1.54) is 19.1 Å². The molecule has 1 unspecified atom stereocenters. The number of hydrogen-bond acceptors (Lipinski definition) is 2. The van der Waals surface area contributed by atoms with E-state index < -0.39 is 23.5 Å². The van der Waals surface area contributed by atoms with E-state index in [0.29, 0.717) is 12.8 Å². The molecule has 0 aliphatic heterocycles. The van der Waals surface area contributed by atoms with Crippen molar-refractivity contribution in [1.29, 1.82) is 0 Å². The average molecular weight is 328 g/mol. The Morgan fingerprint density at radius 2 is 1.78 bits per heavy atom. The number of carbonyl (C=O) groups excluding carboxylic acids is 1. The summed E-state index contributed by atoms with van der Waals surface area (Å²) in [7, 11) is 0. The molecule has 1 saturated carbocycles. The van der Waals surface area contributed by atoms with Gasteiger partial charge < -0.3 is 5.11 Å². The van der Waals surface area contributed by atoms with Crippen LogP contribution >= 0.6 is 0 Å². The highest BCUT2D eigenvalue weighted by Gasteiger charge is 2.55. The Hall–Kier alpha value is -1.85. The first kappa shape index (κ1) is 17.5. The average Bonchev–Trinajstić information content (AvgIpc) is 2.44. The molecule has 1 aromatic rings. The first-order valence-corrected chi connectivity index (χ1v) is 7.55. The van der Waals surface area contributed by atoms with E-state index in [2.05, 4.69) is 0 Å². The van der Waals surface area contributed by atoms with Crippen LogP contribution in [0, 0.1) is 5.92 Å². The molecule has 0 heterocycles. The van der Waals surface area contributed by atoms with Gasteiger partial charge in [-0.25, -0.2) is 0 Å². The van der Waals surface area contributed by atoms with Crippen molar-refractivity contribution in [2.45, 2.75) is 50.6 Å². The highest BCUT2D eigenvalue weighted by Crippen LogP contribution is 2.45. The van der Waals surface area contributed by atoms with Gasteiger partial charge in [0.15, 0.2) is 0 Å². The van der Waals surface area contributed by atoms with Gasteiger partial charge in [0.1, 0.15) is 11.2 Å². The predicted octanol–water partition coefficient (Wildman–Crippen LogP) is 4.06. The van der Waals surface area contributed by atoms with Gasteiger partial charge in [-0.3, -0.25) is 9.59 Å². The largest absolute Gasteiger partial charge is 0.481 e. The third kappa shape index (κ3) is 2.99. The topological polar surface area (TPSA) is 54.4 Å². The molecular formula is C17H19F3O3. The van der Waals surface area contributed by atoms with Crippen LogP contribution in [0.1, 0.15) is 50.2 Å². The zero-order chi connectivity index (χ0) is 17.4. The van der Waals surface area contributed by atoms with Gasteiger partial charge >= 0.3 is 12.1 Å². The van der Waals surface area contributed by atoms with Gasteiger partial charge in [-0.05, 0) is 23.5 Å². The molecule has 126 valence electrons. The minimum absolute atomic E-state index is 0.0949. The molecule has 1 aliphatic rings. The minimum atomic E-state index is -4.60. The van der Waals surface area contributed by atoms with Gasteiger partial charge in [0, 0.05) is 12.8 Å². The summed E-state index contributed by atoms with van der Waals surface area (Å²) in [6.07, 6.45) is -3.88. The fraction of sp³-hybridized carbons (Fsp3) is 0.529. The molecule has 23 heavy (non-hydrogen) atoms. The maximum atomic E-state index is 13.2. The van der Waals surface area contributed by atoms with E-state index in [1.807, 2.05) is 0 Å². The lowest BCUT2D eigenvalue weighted by molar-refractivity contribution is -0.198. The summed E-state index contributed by atoms with van der Waals surface area (Å²) in [5.74, 6) is -3.22. The van der Waals surface area contributed by atoms with E-state index in [4.69, 9.17) is 0 Å². The Balaban J connectivity index is 2.40. The number of Topliss-reactive ketones (excluding diaryl/α,β-unsaturated/α-hetero) is 1. The summed E-state index contributed by atoms with van der Waals surface area (Å²) in [5.41, 5.74) is -0.998. The smallest absolute Gasteiger partial charge is 0.392 e. The first-order valence-electron chi connectivity index (χ1n) is 7.55. The molecular weight excluding hydrogens is 309 g/mol. The zero-order valence-corrected chi connectivity index (χ0v) is 13.0. The SMILES string of the molecule is CCC(C(=O)O)(c1ccc(C2CC(=O)C2)cc1)[C@@H](C)C(F)(F)F. The molecule has 0 radical (unpaired) electrons. The molecule has 1 N–H and O–H groups in total. The predicted molar refractivity (Wildman–Crippen MR) is 78.2 cm³/mol. The van der Waals surface area contributed by atoms with Crippen LogP contribution in [0.5, 0.6) is 0 Å². The maximum absolute atomic E-state index is 13.2. The summed E-state index contributed by atoms with van der Waals surface area (Å²) in [6.45, 7) is 2.37. The summed E-state index contributed by atoms with van der Waals surface area (Å²) in [4.78, 5) is 22.8. The zero-order valence-electron chi connectivity index (χ0n) is 13.0. The first-order chi connectivity index (χ1) is 10.6. The normalized spacial score (nSPS) is 19.8. The van der Waals surface area contributed by atoms with Crippen LogP contribution in [0.15, 0.2) is 24.3 Å². The number of hydrogen-bond donors (Lipinski definition) is 1. The van der Waals surface area contributed by atoms with E-state index in [1.54, 1.807) is 12.1 Å². The Morgan fingerprint density at radius 1 is 1.26 bits per heavy atom. The second kappa shape index (κ2) is 5.98. The van der Waals surface area contributed by atoms with Gasteiger partial charge in [-0.1, -0.05) is 38.1 Å². The Kier molecular flexibility index (Phi) is 4.55. The minimum Gasteiger partial charge on any atom is -0.481 e. The lowest BCUT2D eigenvalue weighted by Crippen LogP contribution is -2.47. The van der Waals surface area contributed by atoms with Gasteiger partial charge in [-0.15, -0.1) is 0 Å². The van der Waals surface area contributed by atoms with Crippen molar-refractivity contribution >= 4 is 11.8 Å². The fourth-order valence-electron chi connectivity index (χ4n) is 3.28. The number of aliphatic carboxylic acids is 1. The second-order valence-electron chi connectivity index (χ2n) is 6.16. The van der Waals surface area contributed by atoms with Gasteiger partial charge in [-0.2, -0.15) is 13.2 Å². The monoisotopic (exact) mass is 328 g/mol. The molecule has 1 aromatic carbocycles. The van der Waals surface area contributed by atoms with Gasteiger partial charge in [0.25, 0.3) is 0 Å². The summed E-state index contributed by atoms with van der Waals surface area (Å²) < 4.78 is 39.6.